The highest BCUT2D eigenvalue weighted by Crippen LogP contribution is 2.16. The minimum Gasteiger partial charge on any atom is -0.368 e. The van der Waals surface area contributed by atoms with Crippen LogP contribution in [-0.4, -0.2) is 37.0 Å². The first-order valence-electron chi connectivity index (χ1n) is 9.27. The Hall–Kier alpha value is -3.19. The zero-order chi connectivity index (χ0) is 19.8. The SMILES string of the molecule is O=C(CCNC(=O)c1cccc(NC(=O)[C@H]2CCCO2)c1)Nc1ccccc1. The molecule has 7 nitrogen and oxygen atoms in total. The van der Waals surface area contributed by atoms with Crippen molar-refractivity contribution in [3.63, 3.8) is 0 Å². The average molecular weight is 381 g/mol. The number of anilines is 2. The van der Waals surface area contributed by atoms with Gasteiger partial charge < -0.3 is 20.7 Å². The van der Waals surface area contributed by atoms with E-state index in [1.165, 1.54) is 0 Å². The van der Waals surface area contributed by atoms with Gasteiger partial charge in [-0.25, -0.2) is 0 Å². The number of nitrogens with one attached hydrogen (secondary N) is 3. The van der Waals surface area contributed by atoms with Gasteiger partial charge in [-0.1, -0.05) is 24.3 Å². The largest absolute Gasteiger partial charge is 0.368 e. The van der Waals surface area contributed by atoms with Crippen LogP contribution in [0.4, 0.5) is 11.4 Å². The first-order valence-corrected chi connectivity index (χ1v) is 9.27. The molecule has 0 spiro atoms. The smallest absolute Gasteiger partial charge is 0.253 e. The summed E-state index contributed by atoms with van der Waals surface area (Å²) in [5.74, 6) is -0.683. The molecule has 0 bridgehead atoms. The van der Waals surface area contributed by atoms with Gasteiger partial charge in [-0.15, -0.1) is 0 Å². The van der Waals surface area contributed by atoms with Crippen LogP contribution >= 0.6 is 0 Å². The molecule has 2 aromatic rings. The Bertz CT molecular complexity index is 833. The second-order valence-electron chi connectivity index (χ2n) is 6.49. The van der Waals surface area contributed by atoms with Crippen LogP contribution in [0.2, 0.25) is 0 Å². The molecule has 1 aliphatic heterocycles. The number of amides is 3. The maximum absolute atomic E-state index is 12.3. The number of para-hydroxylation sites is 1. The van der Waals surface area contributed by atoms with Crippen LogP contribution in [0.15, 0.2) is 54.6 Å². The van der Waals surface area contributed by atoms with E-state index in [9.17, 15) is 14.4 Å². The molecular formula is C21H23N3O4. The van der Waals surface area contributed by atoms with Gasteiger partial charge in [0, 0.05) is 36.5 Å². The minimum absolute atomic E-state index is 0.163. The van der Waals surface area contributed by atoms with Crippen molar-refractivity contribution in [1.82, 2.24) is 5.32 Å². The highest BCUT2D eigenvalue weighted by Gasteiger charge is 2.23. The molecule has 3 N–H and O–H groups in total. The second-order valence-corrected chi connectivity index (χ2v) is 6.49. The van der Waals surface area contributed by atoms with Crippen molar-refractivity contribution in [1.29, 1.82) is 0 Å². The maximum atomic E-state index is 12.3. The van der Waals surface area contributed by atoms with Crippen LogP contribution in [0.1, 0.15) is 29.6 Å². The summed E-state index contributed by atoms with van der Waals surface area (Å²) in [6.07, 6.45) is 1.31. The standard InChI is InChI=1S/C21H23N3O4/c25-19(23-16-7-2-1-3-8-16)11-12-22-20(26)15-6-4-9-17(14-15)24-21(27)18-10-5-13-28-18/h1-4,6-9,14,18H,5,10-13H2,(H,22,26)(H,23,25)(H,24,27)/t18-/m1/s1. The summed E-state index contributed by atoms with van der Waals surface area (Å²) < 4.78 is 5.35. The molecule has 1 fully saturated rings. The Morgan fingerprint density at radius 2 is 1.75 bits per heavy atom. The Morgan fingerprint density at radius 3 is 2.50 bits per heavy atom. The second kappa shape index (κ2) is 9.66. The summed E-state index contributed by atoms with van der Waals surface area (Å²) in [4.78, 5) is 36.3. The van der Waals surface area contributed by atoms with E-state index in [0.717, 1.165) is 6.42 Å². The highest BCUT2D eigenvalue weighted by atomic mass is 16.5. The molecule has 0 aliphatic carbocycles. The van der Waals surface area contributed by atoms with Crippen molar-refractivity contribution in [3.05, 3.63) is 60.2 Å². The van der Waals surface area contributed by atoms with Gasteiger partial charge in [0.2, 0.25) is 5.91 Å². The first kappa shape index (κ1) is 19.6. The van der Waals surface area contributed by atoms with Gasteiger partial charge in [0.05, 0.1) is 0 Å². The number of carbonyl (C=O) groups is 3. The fourth-order valence-electron chi connectivity index (χ4n) is 2.88. The molecule has 0 saturated carbocycles. The maximum Gasteiger partial charge on any atom is 0.253 e. The van der Waals surface area contributed by atoms with Gasteiger partial charge in [-0.2, -0.15) is 0 Å². The lowest BCUT2D eigenvalue weighted by Crippen LogP contribution is -2.28. The molecule has 3 rings (SSSR count). The molecule has 28 heavy (non-hydrogen) atoms. The van der Waals surface area contributed by atoms with E-state index < -0.39 is 6.10 Å². The van der Waals surface area contributed by atoms with Crippen LogP contribution in [0.5, 0.6) is 0 Å². The third-order valence-corrected chi connectivity index (χ3v) is 4.31. The molecule has 1 atom stereocenters. The fraction of sp³-hybridized carbons (Fsp3) is 0.286. The number of hydrogen-bond acceptors (Lipinski definition) is 4. The van der Waals surface area contributed by atoms with Gasteiger partial charge in [0.1, 0.15) is 6.10 Å². The Kier molecular flexibility index (Phi) is 6.75. The lowest BCUT2D eigenvalue weighted by atomic mass is 10.1. The van der Waals surface area contributed by atoms with Crippen molar-refractivity contribution < 1.29 is 19.1 Å². The minimum atomic E-state index is -0.430. The van der Waals surface area contributed by atoms with Gasteiger partial charge in [0.25, 0.3) is 11.8 Å². The lowest BCUT2D eigenvalue weighted by Gasteiger charge is -2.11. The first-order chi connectivity index (χ1) is 13.6. The molecule has 1 aliphatic rings. The normalized spacial score (nSPS) is 15.6. The van der Waals surface area contributed by atoms with E-state index in [1.807, 2.05) is 18.2 Å². The van der Waals surface area contributed by atoms with E-state index in [4.69, 9.17) is 4.74 Å². The van der Waals surface area contributed by atoms with Crippen LogP contribution < -0.4 is 16.0 Å². The van der Waals surface area contributed by atoms with Crippen LogP contribution in [0.3, 0.4) is 0 Å². The molecule has 1 heterocycles. The summed E-state index contributed by atoms with van der Waals surface area (Å²) in [5.41, 5.74) is 1.66. The van der Waals surface area contributed by atoms with E-state index in [-0.39, 0.29) is 30.7 Å². The summed E-state index contributed by atoms with van der Waals surface area (Å²) in [7, 11) is 0. The van der Waals surface area contributed by atoms with Crippen LogP contribution in [0, 0.1) is 0 Å². The number of hydrogen-bond donors (Lipinski definition) is 3. The Labute approximate surface area is 163 Å². The van der Waals surface area contributed by atoms with Crippen molar-refractivity contribution >= 4 is 29.1 Å². The molecule has 2 aromatic carbocycles. The molecule has 0 unspecified atom stereocenters. The van der Waals surface area contributed by atoms with Crippen molar-refractivity contribution in [2.45, 2.75) is 25.4 Å². The van der Waals surface area contributed by atoms with E-state index in [2.05, 4.69) is 16.0 Å². The number of ether oxygens (including phenoxy) is 1. The molecule has 0 radical (unpaired) electrons. The number of benzene rings is 2. The third-order valence-electron chi connectivity index (χ3n) is 4.31. The van der Waals surface area contributed by atoms with Gasteiger partial charge in [-0.3, -0.25) is 14.4 Å². The van der Waals surface area contributed by atoms with Crippen molar-refractivity contribution in [2.75, 3.05) is 23.8 Å². The van der Waals surface area contributed by atoms with Gasteiger partial charge >= 0.3 is 0 Å². The Balaban J connectivity index is 1.46. The highest BCUT2D eigenvalue weighted by molar-refractivity contribution is 5.98. The quantitative estimate of drug-likeness (QED) is 0.687. The molecule has 0 aromatic heterocycles. The average Bonchev–Trinajstić information content (AvgIpc) is 3.24. The predicted molar refractivity (Wildman–Crippen MR) is 106 cm³/mol. The summed E-state index contributed by atoms with van der Waals surface area (Å²) in [6.45, 7) is 0.808. The monoisotopic (exact) mass is 381 g/mol. The summed E-state index contributed by atoms with van der Waals surface area (Å²) in [5, 5.41) is 8.25. The summed E-state index contributed by atoms with van der Waals surface area (Å²) in [6, 6.07) is 15.8. The predicted octanol–water partition coefficient (Wildman–Crippen LogP) is 2.56. The molecule has 3 amide bonds. The number of rotatable bonds is 7. The van der Waals surface area contributed by atoms with Gasteiger partial charge in [-0.05, 0) is 43.2 Å². The van der Waals surface area contributed by atoms with Crippen molar-refractivity contribution in [2.24, 2.45) is 0 Å². The zero-order valence-corrected chi connectivity index (χ0v) is 15.4. The molecule has 146 valence electrons. The zero-order valence-electron chi connectivity index (χ0n) is 15.4. The number of carbonyl (C=O) groups excluding carboxylic acids is 3. The topological polar surface area (TPSA) is 96.5 Å². The summed E-state index contributed by atoms with van der Waals surface area (Å²) >= 11 is 0. The molecule has 1 saturated heterocycles. The molecular weight excluding hydrogens is 358 g/mol. The van der Waals surface area contributed by atoms with E-state index in [0.29, 0.717) is 30.0 Å². The van der Waals surface area contributed by atoms with E-state index >= 15 is 0 Å². The van der Waals surface area contributed by atoms with Crippen molar-refractivity contribution in [3.8, 4) is 0 Å². The van der Waals surface area contributed by atoms with Crippen LogP contribution in [0.25, 0.3) is 0 Å². The third kappa shape index (κ3) is 5.65. The van der Waals surface area contributed by atoms with Gasteiger partial charge in [0.15, 0.2) is 0 Å². The molecule has 7 heteroatoms. The van der Waals surface area contributed by atoms with Crippen LogP contribution in [-0.2, 0) is 14.3 Å². The van der Waals surface area contributed by atoms with E-state index in [1.54, 1.807) is 36.4 Å². The fourth-order valence-corrected chi connectivity index (χ4v) is 2.88. The lowest BCUT2D eigenvalue weighted by molar-refractivity contribution is -0.124. The Morgan fingerprint density at radius 1 is 0.964 bits per heavy atom.